The van der Waals surface area contributed by atoms with Crippen LogP contribution >= 0.6 is 23.3 Å². The standard InChI is InChI=1S/C10H8ClFN4OS/c11-8-4-13-5-9(12)7(8)1-10(17)14-2-6-3-15-18-16-6/h3-5H,1-2H2,(H,14,17). The van der Waals surface area contributed by atoms with Crippen LogP contribution in [0, 0.1) is 5.82 Å². The fraction of sp³-hybridized carbons (Fsp3) is 0.200. The fourth-order valence-corrected chi connectivity index (χ4v) is 1.93. The fourth-order valence-electron chi connectivity index (χ4n) is 1.28. The number of halogens is 2. The molecule has 0 saturated carbocycles. The van der Waals surface area contributed by atoms with Gasteiger partial charge in [-0.05, 0) is 0 Å². The van der Waals surface area contributed by atoms with Gasteiger partial charge < -0.3 is 5.32 Å². The molecule has 94 valence electrons. The second-order valence-corrected chi connectivity index (χ2v) is 4.40. The van der Waals surface area contributed by atoms with Crippen molar-refractivity contribution in [3.63, 3.8) is 0 Å². The number of carbonyl (C=O) groups is 1. The molecule has 0 spiro atoms. The van der Waals surface area contributed by atoms with Gasteiger partial charge in [-0.25, -0.2) is 4.39 Å². The lowest BCUT2D eigenvalue weighted by molar-refractivity contribution is -0.120. The van der Waals surface area contributed by atoms with Gasteiger partial charge in [-0.15, -0.1) is 0 Å². The first-order valence-corrected chi connectivity index (χ1v) is 6.08. The predicted molar refractivity (Wildman–Crippen MR) is 64.7 cm³/mol. The molecule has 0 saturated heterocycles. The van der Waals surface area contributed by atoms with E-state index >= 15 is 0 Å². The molecule has 2 heterocycles. The van der Waals surface area contributed by atoms with Crippen LogP contribution in [0.4, 0.5) is 4.39 Å². The lowest BCUT2D eigenvalue weighted by Crippen LogP contribution is -2.25. The Balaban J connectivity index is 1.95. The number of hydrogen-bond donors (Lipinski definition) is 1. The molecule has 0 aliphatic heterocycles. The maximum Gasteiger partial charge on any atom is 0.224 e. The zero-order valence-electron chi connectivity index (χ0n) is 9.06. The topological polar surface area (TPSA) is 67.8 Å². The Kier molecular flexibility index (Phi) is 4.16. The number of rotatable bonds is 4. The minimum atomic E-state index is -0.590. The Labute approximate surface area is 111 Å². The number of aromatic nitrogens is 3. The summed E-state index contributed by atoms with van der Waals surface area (Å²) in [5.41, 5.74) is 0.801. The summed E-state index contributed by atoms with van der Waals surface area (Å²) in [4.78, 5) is 15.2. The summed E-state index contributed by atoms with van der Waals surface area (Å²) in [6.45, 7) is 0.264. The summed E-state index contributed by atoms with van der Waals surface area (Å²) < 4.78 is 21.1. The van der Waals surface area contributed by atoms with E-state index in [4.69, 9.17) is 11.6 Å². The summed E-state index contributed by atoms with van der Waals surface area (Å²) in [6, 6.07) is 0. The largest absolute Gasteiger partial charge is 0.350 e. The van der Waals surface area contributed by atoms with Crippen molar-refractivity contribution in [2.75, 3.05) is 0 Å². The van der Waals surface area contributed by atoms with Crippen molar-refractivity contribution >= 4 is 29.2 Å². The zero-order valence-corrected chi connectivity index (χ0v) is 10.6. The SMILES string of the molecule is O=C(Cc1c(F)cncc1Cl)NCc1cnsn1. The van der Waals surface area contributed by atoms with Gasteiger partial charge >= 0.3 is 0 Å². The van der Waals surface area contributed by atoms with Crippen molar-refractivity contribution < 1.29 is 9.18 Å². The monoisotopic (exact) mass is 286 g/mol. The van der Waals surface area contributed by atoms with Crippen molar-refractivity contribution in [2.45, 2.75) is 13.0 Å². The molecule has 0 unspecified atom stereocenters. The first kappa shape index (κ1) is 12.8. The minimum absolute atomic E-state index is 0.134. The van der Waals surface area contributed by atoms with E-state index in [1.54, 1.807) is 6.20 Å². The first-order chi connectivity index (χ1) is 8.66. The summed E-state index contributed by atoms with van der Waals surface area (Å²) in [5, 5.41) is 2.75. The number of nitrogens with one attached hydrogen (secondary N) is 1. The molecule has 0 aliphatic rings. The molecule has 5 nitrogen and oxygen atoms in total. The van der Waals surface area contributed by atoms with Crippen molar-refractivity contribution in [1.29, 1.82) is 0 Å². The average Bonchev–Trinajstić information content (AvgIpc) is 2.84. The van der Waals surface area contributed by atoms with Crippen molar-refractivity contribution in [3.8, 4) is 0 Å². The van der Waals surface area contributed by atoms with Crippen molar-refractivity contribution in [3.05, 3.63) is 40.7 Å². The van der Waals surface area contributed by atoms with E-state index in [1.165, 1.54) is 6.20 Å². The van der Waals surface area contributed by atoms with Gasteiger partial charge in [-0.3, -0.25) is 9.78 Å². The molecular weight excluding hydrogens is 279 g/mol. The molecule has 1 amide bonds. The number of pyridine rings is 1. The maximum atomic E-state index is 13.4. The highest BCUT2D eigenvalue weighted by molar-refractivity contribution is 6.99. The van der Waals surface area contributed by atoms with E-state index in [0.717, 1.165) is 17.9 Å². The Morgan fingerprint density at radius 3 is 2.94 bits per heavy atom. The van der Waals surface area contributed by atoms with Crippen LogP contribution in [0.25, 0.3) is 0 Å². The molecular formula is C10H8ClFN4OS. The summed E-state index contributed by atoms with van der Waals surface area (Å²) in [6.07, 6.45) is 3.76. The van der Waals surface area contributed by atoms with Crippen LogP contribution in [0.3, 0.4) is 0 Å². The van der Waals surface area contributed by atoms with Crippen molar-refractivity contribution in [2.24, 2.45) is 0 Å². The van der Waals surface area contributed by atoms with Crippen LogP contribution in [0.2, 0.25) is 5.02 Å². The van der Waals surface area contributed by atoms with Gasteiger partial charge in [0.25, 0.3) is 0 Å². The molecule has 2 aromatic heterocycles. The lowest BCUT2D eigenvalue weighted by atomic mass is 10.2. The number of nitrogens with zero attached hydrogens (tertiary/aromatic N) is 3. The van der Waals surface area contributed by atoms with Crippen LogP contribution in [0.15, 0.2) is 18.6 Å². The molecule has 0 aliphatic carbocycles. The second-order valence-electron chi connectivity index (χ2n) is 3.43. The molecule has 0 atom stereocenters. The van der Waals surface area contributed by atoms with E-state index in [9.17, 15) is 9.18 Å². The molecule has 2 rings (SSSR count). The molecule has 0 bridgehead atoms. The molecule has 8 heteroatoms. The molecule has 0 radical (unpaired) electrons. The van der Waals surface area contributed by atoms with Gasteiger partial charge in [0.05, 0.1) is 47.8 Å². The first-order valence-electron chi connectivity index (χ1n) is 4.98. The highest BCUT2D eigenvalue weighted by Gasteiger charge is 2.12. The second kappa shape index (κ2) is 5.83. The average molecular weight is 287 g/mol. The van der Waals surface area contributed by atoms with Crippen LogP contribution < -0.4 is 5.32 Å². The third kappa shape index (κ3) is 3.21. The number of amides is 1. The molecule has 18 heavy (non-hydrogen) atoms. The normalized spacial score (nSPS) is 10.3. The van der Waals surface area contributed by atoms with E-state index in [0.29, 0.717) is 5.69 Å². The van der Waals surface area contributed by atoms with Crippen LogP contribution in [0.5, 0.6) is 0 Å². The van der Waals surface area contributed by atoms with E-state index in [2.05, 4.69) is 19.0 Å². The highest BCUT2D eigenvalue weighted by atomic mass is 35.5. The predicted octanol–water partition coefficient (Wildman–Crippen LogP) is 1.58. The van der Waals surface area contributed by atoms with Gasteiger partial charge in [-0.1, -0.05) is 11.6 Å². The zero-order chi connectivity index (χ0) is 13.0. The lowest BCUT2D eigenvalue weighted by Gasteiger charge is -2.05. The summed E-state index contributed by atoms with van der Waals surface area (Å²) in [5.74, 6) is -0.928. The Morgan fingerprint density at radius 2 is 2.28 bits per heavy atom. The highest BCUT2D eigenvalue weighted by Crippen LogP contribution is 2.17. The Bertz CT molecular complexity index is 529. The molecule has 0 fully saturated rings. The molecule has 1 N–H and O–H groups in total. The Hall–Kier alpha value is -1.60. The van der Waals surface area contributed by atoms with E-state index in [1.807, 2.05) is 0 Å². The summed E-state index contributed by atoms with van der Waals surface area (Å²) >= 11 is 6.83. The van der Waals surface area contributed by atoms with Gasteiger partial charge in [0.2, 0.25) is 5.91 Å². The van der Waals surface area contributed by atoms with Gasteiger partial charge in [-0.2, -0.15) is 8.75 Å². The summed E-state index contributed by atoms with van der Waals surface area (Å²) in [7, 11) is 0. The third-order valence-corrected chi connectivity index (χ3v) is 3.00. The van der Waals surface area contributed by atoms with E-state index in [-0.39, 0.29) is 29.5 Å². The quantitative estimate of drug-likeness (QED) is 0.927. The smallest absolute Gasteiger partial charge is 0.224 e. The van der Waals surface area contributed by atoms with E-state index < -0.39 is 5.82 Å². The van der Waals surface area contributed by atoms with Crippen LogP contribution in [-0.2, 0) is 17.8 Å². The van der Waals surface area contributed by atoms with Crippen LogP contribution in [-0.4, -0.2) is 19.6 Å². The number of hydrogen-bond acceptors (Lipinski definition) is 5. The maximum absolute atomic E-state index is 13.4. The molecule has 0 aromatic carbocycles. The van der Waals surface area contributed by atoms with Gasteiger partial charge in [0.15, 0.2) is 0 Å². The van der Waals surface area contributed by atoms with Crippen molar-refractivity contribution in [1.82, 2.24) is 19.0 Å². The van der Waals surface area contributed by atoms with Gasteiger partial charge in [0, 0.05) is 11.8 Å². The minimum Gasteiger partial charge on any atom is -0.350 e. The number of carbonyl (C=O) groups excluding carboxylic acids is 1. The van der Waals surface area contributed by atoms with Crippen LogP contribution in [0.1, 0.15) is 11.3 Å². The third-order valence-electron chi connectivity index (χ3n) is 2.16. The Morgan fingerprint density at radius 1 is 1.44 bits per heavy atom. The molecule has 2 aromatic rings. The van der Waals surface area contributed by atoms with Gasteiger partial charge in [0.1, 0.15) is 5.82 Å².